The van der Waals surface area contributed by atoms with E-state index in [1.54, 1.807) is 0 Å². The zero-order valence-corrected chi connectivity index (χ0v) is 16.0. The van der Waals surface area contributed by atoms with Crippen LogP contribution in [0.15, 0.2) is 54.6 Å². The zero-order valence-electron chi connectivity index (χ0n) is 16.0. The summed E-state index contributed by atoms with van der Waals surface area (Å²) in [6.45, 7) is 3.79. The van der Waals surface area contributed by atoms with E-state index >= 15 is 0 Å². The quantitative estimate of drug-likeness (QED) is 0.604. The van der Waals surface area contributed by atoms with Crippen LogP contribution < -0.4 is 16.4 Å². The lowest BCUT2D eigenvalue weighted by Crippen LogP contribution is -2.47. The maximum Gasteiger partial charge on any atom is 0.329 e. The number of esters is 1. The van der Waals surface area contributed by atoms with Gasteiger partial charge in [-0.1, -0.05) is 60.2 Å². The summed E-state index contributed by atoms with van der Waals surface area (Å²) in [6.07, 6.45) is -0.800. The summed E-state index contributed by atoms with van der Waals surface area (Å²) in [5.74, 6) is -1.15. The van der Waals surface area contributed by atoms with E-state index in [1.807, 2.05) is 61.5 Å². The molecule has 2 aromatic carbocycles. The van der Waals surface area contributed by atoms with Gasteiger partial charge in [0.25, 0.3) is 5.91 Å². The molecule has 0 aromatic heterocycles. The predicted octanol–water partition coefficient (Wildman–Crippen LogP) is 1.82. The first kappa shape index (κ1) is 21.0. The molecule has 7 heteroatoms. The molecule has 0 heterocycles. The molecule has 0 aliphatic heterocycles. The van der Waals surface area contributed by atoms with Crippen LogP contribution in [0, 0.1) is 6.92 Å². The smallest absolute Gasteiger partial charge is 0.329 e. The largest absolute Gasteiger partial charge is 0.451 e. The fraction of sp³-hybridized carbons (Fsp3) is 0.286. The third kappa shape index (κ3) is 6.75. The summed E-state index contributed by atoms with van der Waals surface area (Å²) < 4.78 is 5.23. The molecule has 4 N–H and O–H groups in total. The Morgan fingerprint density at radius 3 is 2.25 bits per heavy atom. The third-order valence-corrected chi connectivity index (χ3v) is 4.13. The SMILES string of the molecule is Cc1ccc(CNC(=O)[C@@H](C)OC(=O)[C@H](Cc2ccccc2)NC(N)=O)cc1. The average Bonchev–Trinajstić information content (AvgIpc) is 2.67. The Balaban J connectivity index is 1.91. The Kier molecular flexibility index (Phi) is 7.56. The number of carbonyl (C=O) groups is 3. The lowest BCUT2D eigenvalue weighted by Gasteiger charge is -2.20. The average molecular weight is 383 g/mol. The highest BCUT2D eigenvalue weighted by atomic mass is 16.5. The molecule has 0 saturated heterocycles. The first-order chi connectivity index (χ1) is 13.3. The fourth-order valence-electron chi connectivity index (χ4n) is 2.56. The molecule has 2 rings (SSSR count). The monoisotopic (exact) mass is 383 g/mol. The molecule has 2 atom stereocenters. The number of amides is 3. The van der Waals surface area contributed by atoms with Gasteiger partial charge >= 0.3 is 12.0 Å². The number of hydrogen-bond acceptors (Lipinski definition) is 4. The van der Waals surface area contributed by atoms with Crippen LogP contribution in [-0.2, 0) is 27.3 Å². The lowest BCUT2D eigenvalue weighted by molar-refractivity contribution is -0.156. The van der Waals surface area contributed by atoms with Gasteiger partial charge in [-0.05, 0) is 25.0 Å². The fourth-order valence-corrected chi connectivity index (χ4v) is 2.56. The normalized spacial score (nSPS) is 12.5. The third-order valence-electron chi connectivity index (χ3n) is 4.13. The highest BCUT2D eigenvalue weighted by Crippen LogP contribution is 2.07. The van der Waals surface area contributed by atoms with Crippen molar-refractivity contribution in [3.8, 4) is 0 Å². The Morgan fingerprint density at radius 2 is 1.64 bits per heavy atom. The van der Waals surface area contributed by atoms with E-state index in [9.17, 15) is 14.4 Å². The van der Waals surface area contributed by atoms with Crippen molar-refractivity contribution in [1.29, 1.82) is 0 Å². The highest BCUT2D eigenvalue weighted by molar-refractivity contribution is 5.87. The molecular weight excluding hydrogens is 358 g/mol. The molecule has 0 bridgehead atoms. The number of hydrogen-bond donors (Lipinski definition) is 3. The van der Waals surface area contributed by atoms with Crippen molar-refractivity contribution in [3.05, 3.63) is 71.3 Å². The standard InChI is InChI=1S/C21H25N3O4/c1-14-8-10-17(11-9-14)13-23-19(25)15(2)28-20(26)18(24-21(22)27)12-16-6-4-3-5-7-16/h3-11,15,18H,12-13H2,1-2H3,(H,23,25)(H3,22,24,27)/t15-,18+/m1/s1. The maximum atomic E-state index is 12.4. The van der Waals surface area contributed by atoms with Crippen molar-refractivity contribution in [3.63, 3.8) is 0 Å². The number of nitrogens with two attached hydrogens (primary N) is 1. The Labute approximate surface area is 164 Å². The van der Waals surface area contributed by atoms with Crippen molar-refractivity contribution >= 4 is 17.9 Å². The summed E-state index contributed by atoms with van der Waals surface area (Å²) in [5, 5.41) is 5.09. The number of aryl methyl sites for hydroxylation is 1. The number of rotatable bonds is 8. The molecule has 0 aliphatic carbocycles. The van der Waals surface area contributed by atoms with Gasteiger partial charge in [-0.25, -0.2) is 9.59 Å². The number of benzene rings is 2. The first-order valence-electron chi connectivity index (χ1n) is 8.99. The van der Waals surface area contributed by atoms with Crippen molar-refractivity contribution in [2.45, 2.75) is 39.0 Å². The molecule has 0 saturated carbocycles. The van der Waals surface area contributed by atoms with Crippen LogP contribution in [0.25, 0.3) is 0 Å². The Bertz CT molecular complexity index is 806. The molecule has 2 aromatic rings. The second kappa shape index (κ2) is 10.1. The van der Waals surface area contributed by atoms with Crippen LogP contribution in [-0.4, -0.2) is 30.1 Å². The van der Waals surface area contributed by atoms with Crippen LogP contribution in [0.4, 0.5) is 4.79 Å². The van der Waals surface area contributed by atoms with Gasteiger partial charge < -0.3 is 21.1 Å². The van der Waals surface area contributed by atoms with E-state index in [0.717, 1.165) is 16.7 Å². The van der Waals surface area contributed by atoms with Gasteiger partial charge in [0.1, 0.15) is 6.04 Å². The summed E-state index contributed by atoms with van der Waals surface area (Å²) in [7, 11) is 0. The van der Waals surface area contributed by atoms with Crippen LogP contribution in [0.2, 0.25) is 0 Å². The number of nitrogens with one attached hydrogen (secondary N) is 2. The first-order valence-corrected chi connectivity index (χ1v) is 8.99. The van der Waals surface area contributed by atoms with Gasteiger partial charge in [0, 0.05) is 13.0 Å². The minimum absolute atomic E-state index is 0.209. The minimum Gasteiger partial charge on any atom is -0.451 e. The van der Waals surface area contributed by atoms with Crippen LogP contribution in [0.5, 0.6) is 0 Å². The molecule has 0 radical (unpaired) electrons. The van der Waals surface area contributed by atoms with Crippen molar-refractivity contribution in [2.75, 3.05) is 0 Å². The van der Waals surface area contributed by atoms with Crippen LogP contribution >= 0.6 is 0 Å². The van der Waals surface area contributed by atoms with Crippen molar-refractivity contribution < 1.29 is 19.1 Å². The summed E-state index contributed by atoms with van der Waals surface area (Å²) in [5.41, 5.74) is 8.06. The summed E-state index contributed by atoms with van der Waals surface area (Å²) in [6, 6.07) is 15.1. The second-order valence-corrected chi connectivity index (χ2v) is 6.53. The molecule has 7 nitrogen and oxygen atoms in total. The summed E-state index contributed by atoms with van der Waals surface area (Å²) in [4.78, 5) is 35.9. The van der Waals surface area contributed by atoms with Gasteiger partial charge in [0.2, 0.25) is 0 Å². The number of ether oxygens (including phenoxy) is 1. The highest BCUT2D eigenvalue weighted by Gasteiger charge is 2.26. The zero-order chi connectivity index (χ0) is 20.5. The van der Waals surface area contributed by atoms with E-state index in [2.05, 4.69) is 10.6 Å². The van der Waals surface area contributed by atoms with E-state index < -0.39 is 30.1 Å². The van der Waals surface area contributed by atoms with Gasteiger partial charge in [-0.2, -0.15) is 0 Å². The predicted molar refractivity (Wildman–Crippen MR) is 105 cm³/mol. The van der Waals surface area contributed by atoms with Crippen molar-refractivity contribution in [1.82, 2.24) is 10.6 Å². The Hall–Kier alpha value is -3.35. The van der Waals surface area contributed by atoms with Crippen LogP contribution in [0.3, 0.4) is 0 Å². The molecule has 0 fully saturated rings. The van der Waals surface area contributed by atoms with Gasteiger partial charge in [-0.15, -0.1) is 0 Å². The second-order valence-electron chi connectivity index (χ2n) is 6.53. The minimum atomic E-state index is -1.01. The lowest BCUT2D eigenvalue weighted by atomic mass is 10.1. The molecule has 0 aliphatic rings. The van der Waals surface area contributed by atoms with E-state index in [0.29, 0.717) is 6.54 Å². The molecular formula is C21H25N3O4. The van der Waals surface area contributed by atoms with Gasteiger partial charge in [-0.3, -0.25) is 4.79 Å². The molecule has 3 amide bonds. The molecule has 0 spiro atoms. The van der Waals surface area contributed by atoms with Gasteiger partial charge in [0.15, 0.2) is 6.10 Å². The number of primary amides is 1. The van der Waals surface area contributed by atoms with E-state index in [1.165, 1.54) is 6.92 Å². The Morgan fingerprint density at radius 1 is 1.00 bits per heavy atom. The maximum absolute atomic E-state index is 12.4. The van der Waals surface area contributed by atoms with Crippen molar-refractivity contribution in [2.24, 2.45) is 5.73 Å². The van der Waals surface area contributed by atoms with E-state index in [4.69, 9.17) is 10.5 Å². The topological polar surface area (TPSA) is 111 Å². The number of carbonyl (C=O) groups excluding carboxylic acids is 3. The number of urea groups is 1. The van der Waals surface area contributed by atoms with Crippen LogP contribution in [0.1, 0.15) is 23.6 Å². The molecule has 0 unspecified atom stereocenters. The van der Waals surface area contributed by atoms with E-state index in [-0.39, 0.29) is 6.42 Å². The van der Waals surface area contributed by atoms with Gasteiger partial charge in [0.05, 0.1) is 0 Å². The molecule has 28 heavy (non-hydrogen) atoms. The molecule has 148 valence electrons. The summed E-state index contributed by atoms with van der Waals surface area (Å²) >= 11 is 0.